The normalized spacial score (nSPS) is 13.8. The first-order valence-corrected chi connectivity index (χ1v) is 12.7. The summed E-state index contributed by atoms with van der Waals surface area (Å²) in [6, 6.07) is 8.92. The fraction of sp³-hybridized carbons (Fsp3) is 0.286. The van der Waals surface area contributed by atoms with Crippen molar-refractivity contribution >= 4 is 38.3 Å². The van der Waals surface area contributed by atoms with Gasteiger partial charge in [-0.3, -0.25) is 13.6 Å². The zero-order valence-electron chi connectivity index (χ0n) is 17.7. The Morgan fingerprint density at radius 1 is 1.30 bits per heavy atom. The molecule has 1 aliphatic heterocycles. The maximum atomic E-state index is 12.2. The van der Waals surface area contributed by atoms with E-state index >= 15 is 0 Å². The van der Waals surface area contributed by atoms with Crippen LogP contribution in [0.4, 0.5) is 5.13 Å². The molecular formula is C21H22N4O6S2. The zero-order chi connectivity index (χ0) is 23.4. The number of anilines is 1. The third-order valence-corrected chi connectivity index (χ3v) is 6.55. The van der Waals surface area contributed by atoms with Gasteiger partial charge in [0, 0.05) is 29.3 Å². The third-order valence-electron chi connectivity index (χ3n) is 4.80. The van der Waals surface area contributed by atoms with Gasteiger partial charge in [-0.05, 0) is 18.2 Å². The summed E-state index contributed by atoms with van der Waals surface area (Å²) in [6.07, 6.45) is 3.48. The molecule has 0 aliphatic carbocycles. The Morgan fingerprint density at radius 2 is 2.12 bits per heavy atom. The zero-order valence-corrected chi connectivity index (χ0v) is 19.3. The Labute approximate surface area is 194 Å². The Balaban J connectivity index is 1.29. The number of nitrogens with zero attached hydrogens (tertiary/aromatic N) is 2. The van der Waals surface area contributed by atoms with Gasteiger partial charge in [0.15, 0.2) is 5.13 Å². The minimum Gasteiger partial charge on any atom is -0.493 e. The molecule has 2 N–H and O–H groups in total. The molecule has 0 unspecified atom stereocenters. The molecule has 1 aromatic carbocycles. The van der Waals surface area contributed by atoms with Crippen LogP contribution in [0.2, 0.25) is 0 Å². The molecular weight excluding hydrogens is 468 g/mol. The second kappa shape index (κ2) is 9.73. The summed E-state index contributed by atoms with van der Waals surface area (Å²) in [7, 11) is -3.48. The van der Waals surface area contributed by atoms with Crippen LogP contribution in [0.15, 0.2) is 48.1 Å². The Morgan fingerprint density at radius 3 is 2.82 bits per heavy atom. The van der Waals surface area contributed by atoms with Crippen molar-refractivity contribution in [2.24, 2.45) is 5.92 Å². The van der Waals surface area contributed by atoms with E-state index in [1.807, 2.05) is 29.6 Å². The van der Waals surface area contributed by atoms with Gasteiger partial charge in [0.05, 0.1) is 43.9 Å². The molecule has 0 atom stereocenters. The van der Waals surface area contributed by atoms with E-state index in [0.29, 0.717) is 23.4 Å². The van der Waals surface area contributed by atoms with Gasteiger partial charge in [-0.15, -0.1) is 11.3 Å². The van der Waals surface area contributed by atoms with E-state index < -0.39 is 21.8 Å². The number of ether oxygens (including phenoxy) is 2. The van der Waals surface area contributed by atoms with Gasteiger partial charge < -0.3 is 20.1 Å². The molecule has 0 radical (unpaired) electrons. The van der Waals surface area contributed by atoms with Crippen molar-refractivity contribution in [3.8, 4) is 17.0 Å². The Kier molecular flexibility index (Phi) is 6.77. The number of nitrogens with one attached hydrogen (secondary N) is 2. The van der Waals surface area contributed by atoms with Crippen LogP contribution >= 0.6 is 11.3 Å². The average Bonchev–Trinajstić information content (AvgIpc) is 3.41. The number of hydrogen-bond donors (Lipinski definition) is 2. The van der Waals surface area contributed by atoms with Crippen molar-refractivity contribution in [2.45, 2.75) is 0 Å². The average molecular weight is 491 g/mol. The molecule has 12 heteroatoms. The van der Waals surface area contributed by atoms with Crippen LogP contribution in [-0.4, -0.2) is 61.8 Å². The number of thiazole rings is 1. The number of hydrogen-bond acceptors (Lipinski definition) is 8. The summed E-state index contributed by atoms with van der Waals surface area (Å²) in [5.41, 5.74) is 1.69. The van der Waals surface area contributed by atoms with E-state index in [2.05, 4.69) is 15.6 Å². The maximum Gasteiger partial charge on any atom is 0.253 e. The first-order valence-electron chi connectivity index (χ1n) is 10.0. The summed E-state index contributed by atoms with van der Waals surface area (Å²) >= 11 is 1.26. The lowest BCUT2D eigenvalue weighted by molar-refractivity contribution is -0.115. The number of carbonyl (C=O) groups excluding carboxylic acids is 2. The van der Waals surface area contributed by atoms with Crippen LogP contribution in [0, 0.1) is 5.92 Å². The van der Waals surface area contributed by atoms with Crippen LogP contribution in [-0.2, 0) is 19.6 Å². The monoisotopic (exact) mass is 490 g/mol. The highest BCUT2D eigenvalue weighted by molar-refractivity contribution is 7.89. The largest absolute Gasteiger partial charge is 0.493 e. The van der Waals surface area contributed by atoms with Crippen LogP contribution in [0.25, 0.3) is 11.3 Å². The number of rotatable bonds is 9. The molecule has 1 aliphatic rings. The molecule has 3 heterocycles. The molecule has 0 saturated carbocycles. The predicted molar refractivity (Wildman–Crippen MR) is 123 cm³/mol. The summed E-state index contributed by atoms with van der Waals surface area (Å²) in [5, 5.41) is 7.31. The van der Waals surface area contributed by atoms with Crippen LogP contribution in [0.1, 0.15) is 10.4 Å². The Hall–Kier alpha value is -3.22. The topological polar surface area (TPSA) is 129 Å². The van der Waals surface area contributed by atoms with Gasteiger partial charge in [-0.2, -0.15) is 0 Å². The standard InChI is InChI=1S/C21H22N4O6S2/c1-33(28,29)25-6-5-16(9-25)20(27)22-8-19(26)24-21-23-18(13-32-21)15-3-2-4-17(7-15)31-12-14-10-30-11-14/h2-7,9,13-14H,8,10-12H2,1H3,(H,22,27)(H,23,24,26). The molecule has 1 fully saturated rings. The number of carbonyl (C=O) groups is 2. The van der Waals surface area contributed by atoms with Gasteiger partial charge in [-0.1, -0.05) is 12.1 Å². The molecule has 2 aromatic heterocycles. The molecule has 1 saturated heterocycles. The van der Waals surface area contributed by atoms with E-state index in [1.165, 1.54) is 29.8 Å². The van der Waals surface area contributed by atoms with Crippen molar-refractivity contribution in [1.29, 1.82) is 0 Å². The maximum absolute atomic E-state index is 12.2. The van der Waals surface area contributed by atoms with Crippen molar-refractivity contribution < 1.29 is 27.5 Å². The lowest BCUT2D eigenvalue weighted by Crippen LogP contribution is -2.32. The summed E-state index contributed by atoms with van der Waals surface area (Å²) < 4.78 is 34.9. The highest BCUT2D eigenvalue weighted by Crippen LogP contribution is 2.28. The number of aromatic nitrogens is 2. The van der Waals surface area contributed by atoms with Crippen LogP contribution < -0.4 is 15.4 Å². The molecule has 4 rings (SSSR count). The van der Waals surface area contributed by atoms with E-state index in [4.69, 9.17) is 9.47 Å². The third kappa shape index (κ3) is 5.97. The van der Waals surface area contributed by atoms with Gasteiger partial charge in [0.1, 0.15) is 5.75 Å². The van der Waals surface area contributed by atoms with E-state index in [1.54, 1.807) is 0 Å². The summed E-state index contributed by atoms with van der Waals surface area (Å²) in [6.45, 7) is 1.77. The molecule has 33 heavy (non-hydrogen) atoms. The number of amides is 2. The Bertz CT molecular complexity index is 1260. The first kappa shape index (κ1) is 23.0. The molecule has 3 aromatic rings. The van der Waals surface area contributed by atoms with Crippen LogP contribution in [0.5, 0.6) is 5.75 Å². The minimum absolute atomic E-state index is 0.136. The molecule has 174 valence electrons. The van der Waals surface area contributed by atoms with Gasteiger partial charge in [0.2, 0.25) is 15.9 Å². The minimum atomic E-state index is -3.48. The molecule has 0 bridgehead atoms. The summed E-state index contributed by atoms with van der Waals surface area (Å²) in [4.78, 5) is 28.8. The lowest BCUT2D eigenvalue weighted by atomic mass is 10.1. The summed E-state index contributed by atoms with van der Waals surface area (Å²) in [5.74, 6) is 0.157. The lowest BCUT2D eigenvalue weighted by Gasteiger charge is -2.25. The highest BCUT2D eigenvalue weighted by Gasteiger charge is 2.19. The predicted octanol–water partition coefficient (Wildman–Crippen LogP) is 1.81. The van der Waals surface area contributed by atoms with Crippen LogP contribution in [0.3, 0.4) is 0 Å². The number of benzene rings is 1. The second-order valence-corrected chi connectivity index (χ2v) is 10.2. The van der Waals surface area contributed by atoms with Crippen molar-refractivity contribution in [2.75, 3.05) is 37.9 Å². The van der Waals surface area contributed by atoms with Gasteiger partial charge >= 0.3 is 0 Å². The fourth-order valence-electron chi connectivity index (χ4n) is 2.95. The quantitative estimate of drug-likeness (QED) is 0.468. The van der Waals surface area contributed by atoms with Crippen molar-refractivity contribution in [3.63, 3.8) is 0 Å². The SMILES string of the molecule is CS(=O)(=O)n1ccc(C(=O)NCC(=O)Nc2nc(-c3cccc(OCC4COC4)c3)cs2)c1. The first-order chi connectivity index (χ1) is 15.8. The highest BCUT2D eigenvalue weighted by atomic mass is 32.2. The molecule has 10 nitrogen and oxygen atoms in total. The van der Waals surface area contributed by atoms with Gasteiger partial charge in [0.25, 0.3) is 5.91 Å². The van der Waals surface area contributed by atoms with E-state index in [9.17, 15) is 18.0 Å². The van der Waals surface area contributed by atoms with Gasteiger partial charge in [-0.25, -0.2) is 13.4 Å². The smallest absolute Gasteiger partial charge is 0.253 e. The van der Waals surface area contributed by atoms with Crippen molar-refractivity contribution in [1.82, 2.24) is 14.3 Å². The fourth-order valence-corrected chi connectivity index (χ4v) is 4.27. The second-order valence-electron chi connectivity index (χ2n) is 7.50. The molecule has 0 spiro atoms. The van der Waals surface area contributed by atoms with E-state index in [0.717, 1.165) is 34.8 Å². The van der Waals surface area contributed by atoms with E-state index in [-0.39, 0.29) is 12.1 Å². The van der Waals surface area contributed by atoms with Crippen molar-refractivity contribution in [3.05, 3.63) is 53.7 Å². The molecule has 2 amide bonds.